The summed E-state index contributed by atoms with van der Waals surface area (Å²) >= 11 is 3.94. The number of ketones is 1. The topological polar surface area (TPSA) is 17.1 Å². The van der Waals surface area contributed by atoms with Crippen LogP contribution in [0.2, 0.25) is 0 Å². The monoisotopic (exact) mass is 262 g/mol. The highest BCUT2D eigenvalue weighted by Crippen LogP contribution is 2.67. The van der Waals surface area contributed by atoms with Crippen LogP contribution in [0.25, 0.3) is 0 Å². The van der Waals surface area contributed by atoms with Crippen LogP contribution in [0.1, 0.15) is 25.7 Å². The van der Waals surface area contributed by atoms with Crippen molar-refractivity contribution < 1.29 is 4.79 Å². The molecular weight excluding hydrogens is 248 g/mol. The van der Waals surface area contributed by atoms with Gasteiger partial charge < -0.3 is 0 Å². The van der Waals surface area contributed by atoms with Gasteiger partial charge in [-0.15, -0.1) is 23.5 Å². The normalized spacial score (nSPS) is 33.1. The number of hydrogen-bond donors (Lipinski definition) is 0. The van der Waals surface area contributed by atoms with E-state index in [4.69, 9.17) is 0 Å². The second-order valence-corrected chi connectivity index (χ2v) is 8.33. The van der Waals surface area contributed by atoms with Gasteiger partial charge in [0, 0.05) is 22.1 Å². The fourth-order valence-electron chi connectivity index (χ4n) is 3.50. The van der Waals surface area contributed by atoms with E-state index in [2.05, 4.69) is 24.3 Å². The predicted molar refractivity (Wildman–Crippen MR) is 71.3 cm³/mol. The summed E-state index contributed by atoms with van der Waals surface area (Å²) in [5.74, 6) is 1.63. The molecule has 0 amide bonds. The van der Waals surface area contributed by atoms with E-state index in [0.717, 1.165) is 25.2 Å². The van der Waals surface area contributed by atoms with Crippen LogP contribution in [0.3, 0.4) is 0 Å². The number of rotatable bonds is 0. The highest BCUT2D eigenvalue weighted by molar-refractivity contribution is 8.20. The van der Waals surface area contributed by atoms with Crippen molar-refractivity contribution in [3.63, 3.8) is 0 Å². The molecule has 2 saturated carbocycles. The van der Waals surface area contributed by atoms with Crippen LogP contribution in [-0.4, -0.2) is 9.86 Å². The zero-order chi connectivity index (χ0) is 11.5. The Bertz CT molecular complexity index is 472. The van der Waals surface area contributed by atoms with Crippen molar-refractivity contribution in [3.05, 3.63) is 24.3 Å². The molecule has 2 bridgehead atoms. The number of thioether (sulfide) groups is 2. The minimum absolute atomic E-state index is 0.155. The van der Waals surface area contributed by atoms with Gasteiger partial charge in [-0.05, 0) is 37.3 Å². The van der Waals surface area contributed by atoms with E-state index in [9.17, 15) is 4.79 Å². The number of carbonyl (C=O) groups excluding carboxylic acids is 1. The SMILES string of the molecule is O=C1CCC2CC1C1(C2)Sc2ccccc2S1. The molecule has 1 nitrogen and oxygen atoms in total. The van der Waals surface area contributed by atoms with E-state index < -0.39 is 0 Å². The first kappa shape index (κ1) is 10.5. The molecule has 1 heterocycles. The molecule has 2 fully saturated rings. The Hall–Kier alpha value is -0.410. The first-order valence-corrected chi connectivity index (χ1v) is 7.90. The van der Waals surface area contributed by atoms with E-state index in [1.54, 1.807) is 0 Å². The lowest BCUT2D eigenvalue weighted by atomic mass is 9.88. The number of benzene rings is 1. The Balaban J connectivity index is 1.75. The van der Waals surface area contributed by atoms with Crippen LogP contribution in [0.4, 0.5) is 0 Å². The van der Waals surface area contributed by atoms with Crippen molar-refractivity contribution >= 4 is 29.3 Å². The predicted octanol–water partition coefficient (Wildman–Crippen LogP) is 3.97. The lowest BCUT2D eigenvalue weighted by Gasteiger charge is -2.27. The average molecular weight is 262 g/mol. The molecule has 2 aliphatic carbocycles. The summed E-state index contributed by atoms with van der Waals surface area (Å²) in [6, 6.07) is 8.62. The van der Waals surface area contributed by atoms with Crippen molar-refractivity contribution in [1.29, 1.82) is 0 Å². The van der Waals surface area contributed by atoms with Crippen molar-refractivity contribution in [2.45, 2.75) is 39.6 Å². The summed E-state index contributed by atoms with van der Waals surface area (Å²) in [7, 11) is 0. The van der Waals surface area contributed by atoms with Gasteiger partial charge in [0.25, 0.3) is 0 Å². The molecule has 3 heteroatoms. The van der Waals surface area contributed by atoms with Gasteiger partial charge in [-0.25, -0.2) is 0 Å². The molecule has 1 spiro atoms. The summed E-state index contributed by atoms with van der Waals surface area (Å²) in [5, 5.41) is 0. The van der Waals surface area contributed by atoms with E-state index in [1.807, 2.05) is 23.5 Å². The zero-order valence-electron chi connectivity index (χ0n) is 9.52. The van der Waals surface area contributed by atoms with Crippen LogP contribution in [0.15, 0.2) is 34.1 Å². The van der Waals surface area contributed by atoms with E-state index in [0.29, 0.717) is 11.7 Å². The minimum atomic E-state index is 0.155. The molecule has 1 aliphatic heterocycles. The Labute approximate surface area is 110 Å². The van der Waals surface area contributed by atoms with Crippen LogP contribution in [0, 0.1) is 11.8 Å². The molecule has 2 atom stereocenters. The molecule has 0 radical (unpaired) electrons. The summed E-state index contributed by atoms with van der Waals surface area (Å²) in [6.45, 7) is 0. The van der Waals surface area contributed by atoms with Gasteiger partial charge in [0.1, 0.15) is 5.78 Å². The number of carbonyl (C=O) groups is 1. The second-order valence-electron chi connectivity index (χ2n) is 5.33. The largest absolute Gasteiger partial charge is 0.299 e. The Morgan fingerprint density at radius 2 is 1.88 bits per heavy atom. The van der Waals surface area contributed by atoms with Gasteiger partial charge in [-0.1, -0.05) is 12.1 Å². The lowest BCUT2D eigenvalue weighted by molar-refractivity contribution is -0.124. The summed E-state index contributed by atoms with van der Waals surface area (Å²) in [4.78, 5) is 14.9. The number of fused-ring (bicyclic) bond motifs is 4. The van der Waals surface area contributed by atoms with Crippen molar-refractivity contribution in [2.75, 3.05) is 0 Å². The second kappa shape index (κ2) is 3.55. The van der Waals surface area contributed by atoms with E-state index in [1.165, 1.54) is 16.2 Å². The van der Waals surface area contributed by atoms with Crippen molar-refractivity contribution in [1.82, 2.24) is 0 Å². The van der Waals surface area contributed by atoms with Crippen molar-refractivity contribution in [2.24, 2.45) is 11.8 Å². The molecular formula is C14H14OS2. The van der Waals surface area contributed by atoms with Crippen LogP contribution < -0.4 is 0 Å². The quantitative estimate of drug-likeness (QED) is 0.704. The summed E-state index contributed by atoms with van der Waals surface area (Å²) in [6.07, 6.45) is 4.34. The average Bonchev–Trinajstić information content (AvgIpc) is 2.83. The first-order valence-electron chi connectivity index (χ1n) is 6.27. The Morgan fingerprint density at radius 3 is 2.59 bits per heavy atom. The molecule has 0 N–H and O–H groups in total. The molecule has 1 aromatic rings. The van der Waals surface area contributed by atoms with Gasteiger partial charge in [-0.3, -0.25) is 4.79 Å². The molecule has 3 aliphatic rings. The Kier molecular flexibility index (Phi) is 2.19. The number of hydrogen-bond acceptors (Lipinski definition) is 3. The smallest absolute Gasteiger partial charge is 0.138 e. The van der Waals surface area contributed by atoms with Gasteiger partial charge in [0.05, 0.1) is 4.08 Å². The third kappa shape index (κ3) is 1.45. The van der Waals surface area contributed by atoms with E-state index >= 15 is 0 Å². The molecule has 88 valence electrons. The lowest BCUT2D eigenvalue weighted by Crippen LogP contribution is -2.29. The summed E-state index contributed by atoms with van der Waals surface area (Å²) in [5.41, 5.74) is 0. The maximum Gasteiger partial charge on any atom is 0.138 e. The minimum Gasteiger partial charge on any atom is -0.299 e. The molecule has 2 unspecified atom stereocenters. The van der Waals surface area contributed by atoms with Gasteiger partial charge in [0.2, 0.25) is 0 Å². The van der Waals surface area contributed by atoms with Gasteiger partial charge >= 0.3 is 0 Å². The van der Waals surface area contributed by atoms with Crippen molar-refractivity contribution in [3.8, 4) is 0 Å². The van der Waals surface area contributed by atoms with Crippen LogP contribution in [0.5, 0.6) is 0 Å². The highest BCUT2D eigenvalue weighted by Gasteiger charge is 2.56. The zero-order valence-corrected chi connectivity index (χ0v) is 11.2. The standard InChI is InChI=1S/C14H14OS2/c15-11-6-5-9-7-10(11)14(8-9)16-12-3-1-2-4-13(12)17-14/h1-4,9-10H,5-8H2. The van der Waals surface area contributed by atoms with E-state index in [-0.39, 0.29) is 4.08 Å². The maximum absolute atomic E-state index is 12.1. The van der Waals surface area contributed by atoms with Crippen LogP contribution >= 0.6 is 23.5 Å². The first-order chi connectivity index (χ1) is 8.27. The van der Waals surface area contributed by atoms with Crippen LogP contribution in [-0.2, 0) is 4.79 Å². The molecule has 4 rings (SSSR count). The summed E-state index contributed by atoms with van der Waals surface area (Å²) < 4.78 is 0.155. The highest BCUT2D eigenvalue weighted by atomic mass is 32.2. The maximum atomic E-state index is 12.1. The fourth-order valence-corrected chi connectivity index (χ4v) is 7.20. The third-order valence-corrected chi connectivity index (χ3v) is 7.65. The molecule has 0 aromatic heterocycles. The Morgan fingerprint density at radius 1 is 1.18 bits per heavy atom. The molecule has 1 aromatic carbocycles. The van der Waals surface area contributed by atoms with Gasteiger partial charge in [0.15, 0.2) is 0 Å². The third-order valence-electron chi connectivity index (χ3n) is 4.28. The number of Topliss-reactive ketones (excluding diaryl/α,β-unsaturated/α-hetero) is 1. The van der Waals surface area contributed by atoms with Gasteiger partial charge in [-0.2, -0.15) is 0 Å². The molecule has 0 saturated heterocycles. The molecule has 17 heavy (non-hydrogen) atoms. The fraction of sp³-hybridized carbons (Fsp3) is 0.500.